The number of benzene rings is 3. The number of Topliss-reactive ketones (excluding diaryl/α,β-unsaturated/α-hetero) is 1. The fourth-order valence-electron chi connectivity index (χ4n) is 3.76. The van der Waals surface area contributed by atoms with Crippen LogP contribution in [-0.4, -0.2) is 54.3 Å². The first-order valence-corrected chi connectivity index (χ1v) is 13.4. The van der Waals surface area contributed by atoms with Crippen LogP contribution in [0.3, 0.4) is 0 Å². The van der Waals surface area contributed by atoms with Gasteiger partial charge in [0, 0.05) is 22.7 Å². The smallest absolute Gasteiger partial charge is 0.355 e. The van der Waals surface area contributed by atoms with Gasteiger partial charge in [-0.1, -0.05) is 37.6 Å². The molecule has 0 bridgehead atoms. The maximum absolute atomic E-state index is 12.8. The number of halogens is 1. The summed E-state index contributed by atoms with van der Waals surface area (Å²) in [6.45, 7) is 9.74. The van der Waals surface area contributed by atoms with Crippen molar-refractivity contribution >= 4 is 29.3 Å². The SMILES string of the molecule is CCN(CC)CC(=O)c1ccc(OC(=O)C(C)(C)Oc2ccc(CCNC(=O)c3ccc(Cl)cc3)cc2)cc1. The van der Waals surface area contributed by atoms with Gasteiger partial charge in [0.1, 0.15) is 11.5 Å². The minimum Gasteiger partial charge on any atom is -0.476 e. The summed E-state index contributed by atoms with van der Waals surface area (Å²) in [5, 5.41) is 3.47. The summed E-state index contributed by atoms with van der Waals surface area (Å²) in [7, 11) is 0. The molecule has 0 radical (unpaired) electrons. The van der Waals surface area contributed by atoms with Gasteiger partial charge >= 0.3 is 5.97 Å². The van der Waals surface area contributed by atoms with Gasteiger partial charge in [-0.3, -0.25) is 14.5 Å². The number of rotatable bonds is 13. The van der Waals surface area contributed by atoms with E-state index in [0.29, 0.717) is 47.2 Å². The zero-order valence-corrected chi connectivity index (χ0v) is 23.6. The van der Waals surface area contributed by atoms with Crippen LogP contribution in [0.15, 0.2) is 72.8 Å². The van der Waals surface area contributed by atoms with Gasteiger partial charge in [0.2, 0.25) is 5.60 Å². The number of hydrogen-bond acceptors (Lipinski definition) is 6. The Morgan fingerprint density at radius 2 is 1.38 bits per heavy atom. The Hall–Kier alpha value is -3.68. The van der Waals surface area contributed by atoms with Crippen molar-refractivity contribution in [3.63, 3.8) is 0 Å². The molecule has 0 saturated carbocycles. The molecule has 3 aromatic rings. The number of amides is 1. The van der Waals surface area contributed by atoms with E-state index >= 15 is 0 Å². The second kappa shape index (κ2) is 13.9. The van der Waals surface area contributed by atoms with Gasteiger partial charge in [0.15, 0.2) is 5.78 Å². The first-order valence-electron chi connectivity index (χ1n) is 13.0. The molecule has 0 atom stereocenters. The van der Waals surface area contributed by atoms with Crippen LogP contribution in [0.5, 0.6) is 11.5 Å². The van der Waals surface area contributed by atoms with Crippen molar-refractivity contribution in [3.8, 4) is 11.5 Å². The van der Waals surface area contributed by atoms with Gasteiger partial charge in [-0.2, -0.15) is 0 Å². The molecule has 206 valence electrons. The molecule has 8 heteroatoms. The van der Waals surface area contributed by atoms with Crippen molar-refractivity contribution < 1.29 is 23.9 Å². The first-order chi connectivity index (χ1) is 18.6. The first kappa shape index (κ1) is 29.9. The topological polar surface area (TPSA) is 84.9 Å². The van der Waals surface area contributed by atoms with Crippen LogP contribution >= 0.6 is 11.6 Å². The van der Waals surface area contributed by atoms with Gasteiger partial charge in [0.25, 0.3) is 5.91 Å². The molecular formula is C31H35ClN2O5. The Labute approximate surface area is 235 Å². The van der Waals surface area contributed by atoms with Crippen LogP contribution in [0.25, 0.3) is 0 Å². The summed E-state index contributed by atoms with van der Waals surface area (Å²) in [5.41, 5.74) is 0.888. The molecule has 39 heavy (non-hydrogen) atoms. The summed E-state index contributed by atoms with van der Waals surface area (Å²) >= 11 is 5.86. The second-order valence-corrected chi connectivity index (χ2v) is 10.0. The van der Waals surface area contributed by atoms with Crippen molar-refractivity contribution in [1.29, 1.82) is 0 Å². The average molecular weight is 551 g/mol. The molecular weight excluding hydrogens is 516 g/mol. The number of ketones is 1. The standard InChI is InChI=1S/C31H35ClN2O5/c1-5-34(6-2)21-28(35)23-11-17-26(18-12-23)38-30(37)31(3,4)39-27-15-7-22(8-16-27)19-20-33-29(36)24-9-13-25(32)14-10-24/h7-18H,5-6,19-21H2,1-4H3,(H,33,36). The lowest BCUT2D eigenvalue weighted by Gasteiger charge is -2.24. The number of hydrogen-bond donors (Lipinski definition) is 1. The minimum atomic E-state index is -1.24. The summed E-state index contributed by atoms with van der Waals surface area (Å²) in [5.74, 6) is 0.161. The highest BCUT2D eigenvalue weighted by Crippen LogP contribution is 2.22. The average Bonchev–Trinajstić information content (AvgIpc) is 2.93. The monoisotopic (exact) mass is 550 g/mol. The van der Waals surface area contributed by atoms with Crippen molar-refractivity contribution in [2.75, 3.05) is 26.2 Å². The van der Waals surface area contributed by atoms with Crippen molar-refractivity contribution in [2.24, 2.45) is 0 Å². The maximum Gasteiger partial charge on any atom is 0.355 e. The molecule has 3 rings (SSSR count). The largest absolute Gasteiger partial charge is 0.476 e. The molecule has 0 aliphatic carbocycles. The van der Waals surface area contributed by atoms with Gasteiger partial charge in [0.05, 0.1) is 6.54 Å². The van der Waals surface area contributed by atoms with E-state index in [9.17, 15) is 14.4 Å². The van der Waals surface area contributed by atoms with E-state index in [0.717, 1.165) is 18.7 Å². The van der Waals surface area contributed by atoms with E-state index in [-0.39, 0.29) is 11.7 Å². The highest BCUT2D eigenvalue weighted by molar-refractivity contribution is 6.30. The molecule has 0 saturated heterocycles. The van der Waals surface area contributed by atoms with Crippen LogP contribution in [0.1, 0.15) is 54.0 Å². The highest BCUT2D eigenvalue weighted by Gasteiger charge is 2.32. The van der Waals surface area contributed by atoms with Crippen LogP contribution in [-0.2, 0) is 11.2 Å². The van der Waals surface area contributed by atoms with E-state index in [2.05, 4.69) is 5.32 Å². The molecule has 0 aromatic heterocycles. The van der Waals surface area contributed by atoms with Crippen LogP contribution in [0.2, 0.25) is 5.02 Å². The number of nitrogens with one attached hydrogen (secondary N) is 1. The Kier molecular flexibility index (Phi) is 10.7. The van der Waals surface area contributed by atoms with Crippen LogP contribution in [0.4, 0.5) is 0 Å². The quantitative estimate of drug-likeness (QED) is 0.169. The van der Waals surface area contributed by atoms with E-state index in [1.165, 1.54) is 0 Å². The number of carbonyl (C=O) groups excluding carboxylic acids is 3. The summed E-state index contributed by atoms with van der Waals surface area (Å²) in [4.78, 5) is 39.5. The van der Waals surface area contributed by atoms with Gasteiger partial charge in [-0.05, 0) is 99.6 Å². The number of likely N-dealkylation sites (N-methyl/N-ethyl adjacent to an activating group) is 1. The zero-order chi connectivity index (χ0) is 28.4. The molecule has 7 nitrogen and oxygen atoms in total. The van der Waals surface area contributed by atoms with Crippen molar-refractivity contribution in [2.45, 2.75) is 39.7 Å². The molecule has 0 aliphatic heterocycles. The maximum atomic E-state index is 12.8. The molecule has 0 heterocycles. The normalized spacial score (nSPS) is 11.2. The number of ether oxygens (including phenoxy) is 2. The molecule has 0 aliphatic rings. The Morgan fingerprint density at radius 3 is 1.97 bits per heavy atom. The molecule has 0 spiro atoms. The Balaban J connectivity index is 1.49. The number of esters is 1. The lowest BCUT2D eigenvalue weighted by atomic mass is 10.1. The predicted octanol–water partition coefficient (Wildman–Crippen LogP) is 5.60. The van der Waals surface area contributed by atoms with Gasteiger partial charge in [-0.15, -0.1) is 0 Å². The number of nitrogens with zero attached hydrogens (tertiary/aromatic N) is 1. The predicted molar refractivity (Wildman–Crippen MR) is 153 cm³/mol. The summed E-state index contributed by atoms with van der Waals surface area (Å²) in [6.07, 6.45) is 0.637. The van der Waals surface area contributed by atoms with Crippen molar-refractivity contribution in [1.82, 2.24) is 10.2 Å². The van der Waals surface area contributed by atoms with Crippen LogP contribution < -0.4 is 14.8 Å². The minimum absolute atomic E-state index is 0.0209. The summed E-state index contributed by atoms with van der Waals surface area (Å²) < 4.78 is 11.4. The van der Waals surface area contributed by atoms with E-state index in [1.54, 1.807) is 74.5 Å². The highest BCUT2D eigenvalue weighted by atomic mass is 35.5. The third-order valence-electron chi connectivity index (χ3n) is 6.24. The molecule has 0 unspecified atom stereocenters. The fraction of sp³-hybridized carbons (Fsp3) is 0.323. The zero-order valence-electron chi connectivity index (χ0n) is 22.8. The van der Waals surface area contributed by atoms with E-state index < -0.39 is 11.6 Å². The van der Waals surface area contributed by atoms with E-state index in [1.807, 2.05) is 30.9 Å². The summed E-state index contributed by atoms with van der Waals surface area (Å²) in [6, 6.07) is 20.6. The molecule has 1 amide bonds. The molecule has 3 aromatic carbocycles. The fourth-order valence-corrected chi connectivity index (χ4v) is 3.89. The van der Waals surface area contributed by atoms with Crippen molar-refractivity contribution in [3.05, 3.63) is 94.5 Å². The number of carbonyl (C=O) groups is 3. The second-order valence-electron chi connectivity index (χ2n) is 9.57. The lowest BCUT2D eigenvalue weighted by Crippen LogP contribution is -2.41. The van der Waals surface area contributed by atoms with E-state index in [4.69, 9.17) is 21.1 Å². The van der Waals surface area contributed by atoms with Crippen LogP contribution in [0, 0.1) is 0 Å². The third-order valence-corrected chi connectivity index (χ3v) is 6.49. The lowest BCUT2D eigenvalue weighted by molar-refractivity contribution is -0.149. The van der Waals surface area contributed by atoms with Gasteiger partial charge < -0.3 is 14.8 Å². The molecule has 1 N–H and O–H groups in total. The van der Waals surface area contributed by atoms with Gasteiger partial charge in [-0.25, -0.2) is 4.79 Å². The Morgan fingerprint density at radius 1 is 0.821 bits per heavy atom. The Bertz CT molecular complexity index is 1250. The molecule has 0 fully saturated rings. The third kappa shape index (κ3) is 8.94.